The summed E-state index contributed by atoms with van der Waals surface area (Å²) in [6.45, 7) is 1.26. The van der Waals surface area contributed by atoms with Gasteiger partial charge in [-0.1, -0.05) is 12.1 Å². The van der Waals surface area contributed by atoms with Gasteiger partial charge in [0.2, 0.25) is 0 Å². The first-order valence-electron chi connectivity index (χ1n) is 4.39. The van der Waals surface area contributed by atoms with Crippen LogP contribution in [-0.2, 0) is 11.0 Å². The van der Waals surface area contributed by atoms with Crippen molar-refractivity contribution in [3.8, 4) is 0 Å². The van der Waals surface area contributed by atoms with E-state index in [1.807, 2.05) is 0 Å². The molecule has 0 bridgehead atoms. The number of carboxylic acids is 1. The Morgan fingerprint density at radius 3 is 2.29 bits per heavy atom. The normalized spacial score (nSPS) is 12.8. The number of benzene rings is 1. The zero-order valence-corrected chi connectivity index (χ0v) is 9.60. The molecule has 96 valence electrons. The first-order chi connectivity index (χ1) is 7.23. The average Bonchev–Trinajstić information content (AvgIpc) is 2.14. The Labute approximate surface area is 102 Å². The molecule has 0 fully saturated rings. The van der Waals surface area contributed by atoms with Crippen LogP contribution in [0.15, 0.2) is 18.2 Å². The number of halogens is 4. The van der Waals surface area contributed by atoms with Gasteiger partial charge in [-0.3, -0.25) is 4.79 Å². The van der Waals surface area contributed by atoms with E-state index in [9.17, 15) is 18.0 Å². The second-order valence-electron chi connectivity index (χ2n) is 3.39. The lowest BCUT2D eigenvalue weighted by Gasteiger charge is -2.13. The number of aliphatic carboxylic acids is 1. The van der Waals surface area contributed by atoms with Crippen LogP contribution in [0.1, 0.15) is 22.7 Å². The van der Waals surface area contributed by atoms with E-state index in [0.29, 0.717) is 0 Å². The van der Waals surface area contributed by atoms with Crippen molar-refractivity contribution in [2.45, 2.75) is 19.1 Å². The van der Waals surface area contributed by atoms with Gasteiger partial charge in [-0.15, -0.1) is 12.4 Å². The van der Waals surface area contributed by atoms with E-state index in [-0.39, 0.29) is 23.5 Å². The van der Waals surface area contributed by atoms with Crippen molar-refractivity contribution in [1.29, 1.82) is 0 Å². The van der Waals surface area contributed by atoms with Gasteiger partial charge in [0.25, 0.3) is 0 Å². The predicted octanol–water partition coefficient (Wildman–Crippen LogP) is 2.52. The third kappa shape index (κ3) is 3.61. The number of aryl methyl sites for hydroxylation is 1. The Morgan fingerprint density at radius 1 is 1.41 bits per heavy atom. The highest BCUT2D eigenvalue weighted by Crippen LogP contribution is 2.32. The van der Waals surface area contributed by atoms with E-state index in [0.717, 1.165) is 18.2 Å². The number of carbonyl (C=O) groups is 1. The second kappa shape index (κ2) is 5.37. The number of rotatable bonds is 2. The molecular formula is C10H11ClF3NO2. The third-order valence-electron chi connectivity index (χ3n) is 2.18. The van der Waals surface area contributed by atoms with Crippen molar-refractivity contribution in [2.24, 2.45) is 5.73 Å². The molecule has 1 atom stereocenters. The minimum absolute atomic E-state index is 0. The molecule has 0 heterocycles. The summed E-state index contributed by atoms with van der Waals surface area (Å²) in [4.78, 5) is 10.5. The number of hydrogen-bond acceptors (Lipinski definition) is 2. The molecule has 0 amide bonds. The van der Waals surface area contributed by atoms with E-state index >= 15 is 0 Å². The summed E-state index contributed by atoms with van der Waals surface area (Å²) in [7, 11) is 0. The molecule has 1 aromatic rings. The summed E-state index contributed by atoms with van der Waals surface area (Å²) in [5.41, 5.74) is 4.61. The van der Waals surface area contributed by atoms with E-state index in [2.05, 4.69) is 0 Å². The second-order valence-corrected chi connectivity index (χ2v) is 3.39. The summed E-state index contributed by atoms with van der Waals surface area (Å²) < 4.78 is 37.2. The fourth-order valence-corrected chi connectivity index (χ4v) is 1.34. The molecule has 0 aliphatic heterocycles. The van der Waals surface area contributed by atoms with Crippen molar-refractivity contribution in [2.75, 3.05) is 0 Å². The van der Waals surface area contributed by atoms with Crippen LogP contribution in [0.5, 0.6) is 0 Å². The fraction of sp³-hybridized carbons (Fsp3) is 0.300. The molecule has 1 rings (SSSR count). The summed E-state index contributed by atoms with van der Waals surface area (Å²) in [5.74, 6) is -1.28. The summed E-state index contributed by atoms with van der Waals surface area (Å²) in [6, 6.07) is 1.75. The first-order valence-corrected chi connectivity index (χ1v) is 4.39. The van der Waals surface area contributed by atoms with Crippen molar-refractivity contribution < 1.29 is 23.1 Å². The van der Waals surface area contributed by atoms with E-state index < -0.39 is 23.8 Å². The molecule has 1 unspecified atom stereocenters. The van der Waals surface area contributed by atoms with Gasteiger partial charge in [0.15, 0.2) is 0 Å². The van der Waals surface area contributed by atoms with Crippen LogP contribution < -0.4 is 5.73 Å². The molecule has 0 saturated heterocycles. The van der Waals surface area contributed by atoms with Crippen molar-refractivity contribution >= 4 is 18.4 Å². The highest BCUT2D eigenvalue weighted by Gasteiger charge is 2.32. The molecule has 0 aliphatic rings. The Balaban J connectivity index is 0.00000256. The SMILES string of the molecule is Cc1cc(C(N)C(=O)O)ccc1C(F)(F)F.Cl. The standard InChI is InChI=1S/C10H10F3NO2.ClH/c1-5-4-6(8(14)9(15)16)2-3-7(5)10(11,12)13;/h2-4,8H,14H2,1H3,(H,15,16);1H. The van der Waals surface area contributed by atoms with Crippen LogP contribution in [0.2, 0.25) is 0 Å². The number of hydrogen-bond donors (Lipinski definition) is 2. The van der Waals surface area contributed by atoms with Crippen LogP contribution in [0.25, 0.3) is 0 Å². The van der Waals surface area contributed by atoms with Crippen LogP contribution in [-0.4, -0.2) is 11.1 Å². The predicted molar refractivity (Wildman–Crippen MR) is 58.0 cm³/mol. The Bertz CT molecular complexity index is 421. The molecule has 3 nitrogen and oxygen atoms in total. The van der Waals surface area contributed by atoms with Crippen molar-refractivity contribution in [3.63, 3.8) is 0 Å². The van der Waals surface area contributed by atoms with Gasteiger partial charge in [-0.05, 0) is 24.1 Å². The topological polar surface area (TPSA) is 63.3 Å². The van der Waals surface area contributed by atoms with Gasteiger partial charge in [0, 0.05) is 0 Å². The monoisotopic (exact) mass is 269 g/mol. The molecule has 0 saturated carbocycles. The van der Waals surface area contributed by atoms with E-state index in [1.54, 1.807) is 0 Å². The highest BCUT2D eigenvalue weighted by atomic mass is 35.5. The van der Waals surface area contributed by atoms with Crippen molar-refractivity contribution in [1.82, 2.24) is 0 Å². The molecule has 17 heavy (non-hydrogen) atoms. The van der Waals surface area contributed by atoms with Crippen LogP contribution in [0, 0.1) is 6.92 Å². The lowest BCUT2D eigenvalue weighted by Crippen LogP contribution is -2.21. The van der Waals surface area contributed by atoms with Crippen LogP contribution in [0.3, 0.4) is 0 Å². The van der Waals surface area contributed by atoms with Crippen LogP contribution >= 0.6 is 12.4 Å². The number of nitrogens with two attached hydrogens (primary N) is 1. The zero-order chi connectivity index (χ0) is 12.5. The first kappa shape index (κ1) is 15.7. The summed E-state index contributed by atoms with van der Waals surface area (Å²) in [6.07, 6.45) is -4.43. The molecule has 0 aliphatic carbocycles. The van der Waals surface area contributed by atoms with Gasteiger partial charge < -0.3 is 10.8 Å². The van der Waals surface area contributed by atoms with Gasteiger partial charge in [0.1, 0.15) is 6.04 Å². The highest BCUT2D eigenvalue weighted by molar-refractivity contribution is 5.85. The Hall–Kier alpha value is -1.27. The lowest BCUT2D eigenvalue weighted by atomic mass is 10.0. The maximum Gasteiger partial charge on any atom is 0.416 e. The molecule has 0 spiro atoms. The minimum atomic E-state index is -4.43. The molecule has 3 N–H and O–H groups in total. The average molecular weight is 270 g/mol. The Kier molecular flexibility index (Phi) is 4.97. The number of alkyl halides is 3. The number of carboxylic acid groups (broad SMARTS) is 1. The van der Waals surface area contributed by atoms with Gasteiger partial charge >= 0.3 is 12.1 Å². The van der Waals surface area contributed by atoms with E-state index in [1.165, 1.54) is 6.92 Å². The molecule has 1 aromatic carbocycles. The zero-order valence-electron chi connectivity index (χ0n) is 8.78. The largest absolute Gasteiger partial charge is 0.480 e. The Morgan fingerprint density at radius 2 is 1.94 bits per heavy atom. The molecular weight excluding hydrogens is 259 g/mol. The smallest absolute Gasteiger partial charge is 0.416 e. The lowest BCUT2D eigenvalue weighted by molar-refractivity contribution is -0.138. The van der Waals surface area contributed by atoms with Crippen molar-refractivity contribution in [3.05, 3.63) is 34.9 Å². The third-order valence-corrected chi connectivity index (χ3v) is 2.18. The minimum Gasteiger partial charge on any atom is -0.480 e. The quantitative estimate of drug-likeness (QED) is 0.867. The van der Waals surface area contributed by atoms with E-state index in [4.69, 9.17) is 10.8 Å². The molecule has 0 aromatic heterocycles. The maximum atomic E-state index is 12.4. The fourth-order valence-electron chi connectivity index (χ4n) is 1.34. The van der Waals surface area contributed by atoms with Crippen LogP contribution in [0.4, 0.5) is 13.2 Å². The molecule has 0 radical (unpaired) electrons. The van der Waals surface area contributed by atoms with Gasteiger partial charge in [-0.25, -0.2) is 0 Å². The maximum absolute atomic E-state index is 12.4. The summed E-state index contributed by atoms with van der Waals surface area (Å²) >= 11 is 0. The van der Waals surface area contributed by atoms with Gasteiger partial charge in [0.05, 0.1) is 5.56 Å². The summed E-state index contributed by atoms with van der Waals surface area (Å²) in [5, 5.41) is 8.61. The van der Waals surface area contributed by atoms with Gasteiger partial charge in [-0.2, -0.15) is 13.2 Å². The molecule has 7 heteroatoms.